The zero-order valence-corrected chi connectivity index (χ0v) is 16.0. The van der Waals surface area contributed by atoms with Gasteiger partial charge in [0.1, 0.15) is 18.0 Å². The molecule has 148 valence electrons. The van der Waals surface area contributed by atoms with E-state index < -0.39 is 0 Å². The van der Waals surface area contributed by atoms with Crippen LogP contribution in [0.15, 0.2) is 42.5 Å². The largest absolute Gasteiger partial charge is 0.497 e. The van der Waals surface area contributed by atoms with Gasteiger partial charge in [0.15, 0.2) is 18.1 Å². The molecule has 2 aliphatic rings. The number of hydrogen-bond donors (Lipinski definition) is 1. The Kier molecular flexibility index (Phi) is 5.53. The molecule has 2 aliphatic heterocycles. The Bertz CT molecular complexity index is 816. The van der Waals surface area contributed by atoms with Crippen molar-refractivity contribution in [3.63, 3.8) is 0 Å². The third-order valence-corrected chi connectivity index (χ3v) is 5.14. The van der Waals surface area contributed by atoms with Gasteiger partial charge in [-0.1, -0.05) is 0 Å². The zero-order chi connectivity index (χ0) is 19.3. The van der Waals surface area contributed by atoms with E-state index in [1.807, 2.05) is 23.1 Å². The summed E-state index contributed by atoms with van der Waals surface area (Å²) < 4.78 is 21.5. The summed E-state index contributed by atoms with van der Waals surface area (Å²) in [5.74, 6) is 3.09. The first-order valence-electron chi connectivity index (χ1n) is 9.48. The molecule has 1 N–H and O–H groups in total. The molecule has 1 amide bonds. The Morgan fingerprint density at radius 1 is 1.04 bits per heavy atom. The van der Waals surface area contributed by atoms with Gasteiger partial charge >= 0.3 is 0 Å². The molecule has 7 heteroatoms. The second-order valence-electron chi connectivity index (χ2n) is 6.96. The molecule has 1 saturated heterocycles. The van der Waals surface area contributed by atoms with Crippen LogP contribution in [0.1, 0.15) is 5.56 Å². The van der Waals surface area contributed by atoms with Crippen LogP contribution >= 0.6 is 0 Å². The SMILES string of the molecule is COc1ccc(OCC(=O)N2CC[NH+](Cc3ccc4c(c3)OCO4)CC2)cc1. The van der Waals surface area contributed by atoms with Crippen molar-refractivity contribution in [3.8, 4) is 23.0 Å². The van der Waals surface area contributed by atoms with Crippen molar-refractivity contribution in [1.82, 2.24) is 4.90 Å². The highest BCUT2D eigenvalue weighted by molar-refractivity contribution is 5.77. The maximum atomic E-state index is 12.4. The Labute approximate surface area is 164 Å². The van der Waals surface area contributed by atoms with Gasteiger partial charge in [0.25, 0.3) is 5.91 Å². The molecule has 7 nitrogen and oxygen atoms in total. The second kappa shape index (κ2) is 8.39. The topological polar surface area (TPSA) is 61.7 Å². The monoisotopic (exact) mass is 385 g/mol. The van der Waals surface area contributed by atoms with E-state index in [-0.39, 0.29) is 12.5 Å². The van der Waals surface area contributed by atoms with Crippen molar-refractivity contribution in [1.29, 1.82) is 0 Å². The fourth-order valence-corrected chi connectivity index (χ4v) is 3.50. The molecule has 0 bridgehead atoms. The van der Waals surface area contributed by atoms with E-state index in [0.717, 1.165) is 50.0 Å². The molecule has 1 fully saturated rings. The lowest BCUT2D eigenvalue weighted by Gasteiger charge is -2.32. The molecule has 2 aromatic rings. The van der Waals surface area contributed by atoms with Crippen LogP contribution in [-0.4, -0.2) is 57.5 Å². The van der Waals surface area contributed by atoms with Gasteiger partial charge < -0.3 is 28.7 Å². The fourth-order valence-electron chi connectivity index (χ4n) is 3.50. The van der Waals surface area contributed by atoms with Gasteiger partial charge in [0.05, 0.1) is 33.3 Å². The molecule has 0 unspecified atom stereocenters. The molecule has 0 aromatic heterocycles. The van der Waals surface area contributed by atoms with Crippen LogP contribution in [0.25, 0.3) is 0 Å². The van der Waals surface area contributed by atoms with Crippen molar-refractivity contribution >= 4 is 5.91 Å². The van der Waals surface area contributed by atoms with Gasteiger partial charge in [-0.2, -0.15) is 0 Å². The van der Waals surface area contributed by atoms with E-state index in [0.29, 0.717) is 12.5 Å². The first-order valence-corrected chi connectivity index (χ1v) is 9.48. The van der Waals surface area contributed by atoms with Gasteiger partial charge in [0, 0.05) is 5.56 Å². The fraction of sp³-hybridized carbons (Fsp3) is 0.381. The first kappa shape index (κ1) is 18.4. The minimum atomic E-state index is 0.0259. The average Bonchev–Trinajstić information content (AvgIpc) is 3.21. The summed E-state index contributed by atoms with van der Waals surface area (Å²) in [4.78, 5) is 15.8. The van der Waals surface area contributed by atoms with Crippen molar-refractivity contribution in [2.75, 3.05) is 46.7 Å². The maximum absolute atomic E-state index is 12.4. The maximum Gasteiger partial charge on any atom is 0.260 e. The summed E-state index contributed by atoms with van der Waals surface area (Å²) in [7, 11) is 1.62. The van der Waals surface area contributed by atoms with Crippen LogP contribution in [-0.2, 0) is 11.3 Å². The second-order valence-corrected chi connectivity index (χ2v) is 6.96. The van der Waals surface area contributed by atoms with Crippen LogP contribution in [0.5, 0.6) is 23.0 Å². The van der Waals surface area contributed by atoms with E-state index in [1.54, 1.807) is 19.2 Å². The number of ether oxygens (including phenoxy) is 4. The van der Waals surface area contributed by atoms with Crippen molar-refractivity contribution in [2.24, 2.45) is 0 Å². The van der Waals surface area contributed by atoms with E-state index in [9.17, 15) is 4.79 Å². The number of carbonyl (C=O) groups excluding carboxylic acids is 1. The number of piperazine rings is 1. The number of nitrogens with one attached hydrogen (secondary N) is 1. The Morgan fingerprint density at radius 3 is 2.50 bits per heavy atom. The lowest BCUT2D eigenvalue weighted by atomic mass is 10.1. The van der Waals surface area contributed by atoms with Gasteiger partial charge in [-0.25, -0.2) is 0 Å². The van der Waals surface area contributed by atoms with Crippen LogP contribution < -0.4 is 23.8 Å². The normalized spacial score (nSPS) is 16.1. The lowest BCUT2D eigenvalue weighted by Crippen LogP contribution is -3.13. The first-order chi connectivity index (χ1) is 13.7. The van der Waals surface area contributed by atoms with Crippen LogP contribution in [0, 0.1) is 0 Å². The summed E-state index contributed by atoms with van der Waals surface area (Å²) in [6, 6.07) is 13.3. The van der Waals surface area contributed by atoms with Crippen LogP contribution in [0.3, 0.4) is 0 Å². The van der Waals surface area contributed by atoms with Gasteiger partial charge in [-0.15, -0.1) is 0 Å². The minimum absolute atomic E-state index is 0.0259. The number of nitrogens with zero attached hydrogens (tertiary/aromatic N) is 1. The van der Waals surface area contributed by atoms with Gasteiger partial charge in [0.2, 0.25) is 6.79 Å². The average molecular weight is 385 g/mol. The molecule has 28 heavy (non-hydrogen) atoms. The predicted molar refractivity (Wildman–Crippen MR) is 102 cm³/mol. The highest BCUT2D eigenvalue weighted by Gasteiger charge is 2.24. The number of methoxy groups -OCH3 is 1. The third kappa shape index (κ3) is 4.31. The molecular weight excluding hydrogens is 360 g/mol. The molecule has 4 rings (SSSR count). The molecule has 2 aromatic carbocycles. The standard InChI is InChI=1S/C21H24N2O5/c1-25-17-3-5-18(6-4-17)26-14-21(24)23-10-8-22(9-11-23)13-16-2-7-19-20(12-16)28-15-27-19/h2-7,12H,8-11,13-15H2,1H3/p+1. The summed E-state index contributed by atoms with van der Waals surface area (Å²) in [6.45, 7) is 4.59. The highest BCUT2D eigenvalue weighted by atomic mass is 16.7. The number of quaternary nitrogens is 1. The Hall–Kier alpha value is -2.93. The number of hydrogen-bond acceptors (Lipinski definition) is 5. The molecular formula is C21H25N2O5+. The minimum Gasteiger partial charge on any atom is -0.497 e. The number of benzene rings is 2. The van der Waals surface area contributed by atoms with E-state index in [2.05, 4.69) is 12.1 Å². The number of carbonyl (C=O) groups is 1. The third-order valence-electron chi connectivity index (χ3n) is 5.14. The zero-order valence-electron chi connectivity index (χ0n) is 16.0. The molecule has 0 atom stereocenters. The summed E-state index contributed by atoms with van der Waals surface area (Å²) in [5.41, 5.74) is 1.22. The summed E-state index contributed by atoms with van der Waals surface area (Å²) in [6.07, 6.45) is 0. The van der Waals surface area contributed by atoms with Crippen LogP contribution in [0.4, 0.5) is 0 Å². The Balaban J connectivity index is 1.22. The quantitative estimate of drug-likeness (QED) is 0.795. The van der Waals surface area contributed by atoms with Gasteiger partial charge in [-0.05, 0) is 42.5 Å². The summed E-state index contributed by atoms with van der Waals surface area (Å²) in [5, 5.41) is 0. The Morgan fingerprint density at radius 2 is 1.75 bits per heavy atom. The molecule has 0 spiro atoms. The number of rotatable bonds is 6. The predicted octanol–water partition coefficient (Wildman–Crippen LogP) is 0.730. The van der Waals surface area contributed by atoms with E-state index in [1.165, 1.54) is 10.5 Å². The number of amides is 1. The van der Waals surface area contributed by atoms with Gasteiger partial charge in [-0.3, -0.25) is 4.79 Å². The van der Waals surface area contributed by atoms with Crippen LogP contribution in [0.2, 0.25) is 0 Å². The smallest absolute Gasteiger partial charge is 0.260 e. The van der Waals surface area contributed by atoms with Crippen molar-refractivity contribution in [2.45, 2.75) is 6.54 Å². The number of fused-ring (bicyclic) bond motifs is 1. The molecule has 0 aliphatic carbocycles. The lowest BCUT2D eigenvalue weighted by molar-refractivity contribution is -0.917. The molecule has 0 radical (unpaired) electrons. The van der Waals surface area contributed by atoms with E-state index in [4.69, 9.17) is 18.9 Å². The van der Waals surface area contributed by atoms with Crippen molar-refractivity contribution < 1.29 is 28.6 Å². The van der Waals surface area contributed by atoms with Crippen molar-refractivity contribution in [3.05, 3.63) is 48.0 Å². The molecule has 2 heterocycles. The van der Waals surface area contributed by atoms with E-state index >= 15 is 0 Å². The summed E-state index contributed by atoms with van der Waals surface area (Å²) >= 11 is 0. The molecule has 0 saturated carbocycles. The highest BCUT2D eigenvalue weighted by Crippen LogP contribution is 2.32.